The number of rotatable bonds is 6. The topological polar surface area (TPSA) is 92.9 Å². The normalized spacial score (nSPS) is 12.8. The highest BCUT2D eigenvalue weighted by atomic mass is 16.3. The van der Waals surface area contributed by atoms with Gasteiger partial charge >= 0.3 is 0 Å². The molecule has 0 bridgehead atoms. The lowest BCUT2D eigenvalue weighted by molar-refractivity contribution is -0.121. The summed E-state index contributed by atoms with van der Waals surface area (Å²) in [6.07, 6.45) is 0.132. The molecular weight excluding hydrogens is 222 g/mol. The monoisotopic (exact) mass is 241 g/mol. The molecule has 0 saturated heterocycles. The fourth-order valence-corrected chi connectivity index (χ4v) is 1.35. The van der Waals surface area contributed by atoms with Crippen molar-refractivity contribution in [2.75, 3.05) is 6.54 Å². The van der Waals surface area contributed by atoms with Crippen LogP contribution >= 0.6 is 0 Å². The van der Waals surface area contributed by atoms with Gasteiger partial charge in [-0.05, 0) is 23.8 Å². The van der Waals surface area contributed by atoms with Crippen LogP contribution in [0.3, 0.4) is 0 Å². The molecule has 96 valence electrons. The Kier molecular flexibility index (Phi) is 5.02. The molecule has 0 spiro atoms. The number of amides is 1. The molecule has 1 aromatic rings. The van der Waals surface area contributed by atoms with Gasteiger partial charge in [-0.15, -0.1) is 5.10 Å². The minimum atomic E-state index is -0.408. The lowest BCUT2D eigenvalue weighted by atomic mass is 10.2. The predicted molar refractivity (Wildman–Crippen MR) is 61.2 cm³/mol. The van der Waals surface area contributed by atoms with Crippen LogP contribution in [-0.2, 0) is 11.3 Å². The third-order valence-corrected chi connectivity index (χ3v) is 2.25. The fourth-order valence-electron chi connectivity index (χ4n) is 1.35. The molecule has 1 aromatic heterocycles. The van der Waals surface area contributed by atoms with E-state index in [-0.39, 0.29) is 18.4 Å². The molecule has 0 aliphatic rings. The summed E-state index contributed by atoms with van der Waals surface area (Å²) in [5, 5.41) is 22.9. The van der Waals surface area contributed by atoms with E-state index in [1.807, 2.05) is 13.8 Å². The van der Waals surface area contributed by atoms with Crippen molar-refractivity contribution in [1.29, 1.82) is 0 Å². The summed E-state index contributed by atoms with van der Waals surface area (Å²) in [6.45, 7) is 6.18. The van der Waals surface area contributed by atoms with Crippen molar-refractivity contribution < 1.29 is 9.90 Å². The van der Waals surface area contributed by atoms with Gasteiger partial charge in [0.1, 0.15) is 6.54 Å². The molecule has 0 aliphatic carbocycles. The van der Waals surface area contributed by atoms with Gasteiger partial charge in [-0.25, -0.2) is 4.68 Å². The van der Waals surface area contributed by atoms with Gasteiger partial charge in [0.25, 0.3) is 0 Å². The largest absolute Gasteiger partial charge is 0.393 e. The van der Waals surface area contributed by atoms with E-state index in [9.17, 15) is 4.79 Å². The molecule has 1 amide bonds. The number of carbonyl (C=O) groups excluding carboxylic acids is 1. The van der Waals surface area contributed by atoms with Crippen molar-refractivity contribution in [1.82, 2.24) is 25.5 Å². The molecular formula is C10H19N5O2. The summed E-state index contributed by atoms with van der Waals surface area (Å²) in [5.74, 6) is 0.714. The van der Waals surface area contributed by atoms with Crippen LogP contribution in [0.1, 0.15) is 38.9 Å². The van der Waals surface area contributed by atoms with Gasteiger partial charge < -0.3 is 10.4 Å². The molecule has 1 rings (SSSR count). The first-order valence-corrected chi connectivity index (χ1v) is 5.71. The molecule has 0 radical (unpaired) electrons. The average molecular weight is 241 g/mol. The first-order valence-electron chi connectivity index (χ1n) is 5.71. The molecule has 0 aromatic carbocycles. The lowest BCUT2D eigenvalue weighted by Gasteiger charge is -2.08. The Morgan fingerprint density at radius 3 is 2.76 bits per heavy atom. The first kappa shape index (κ1) is 13.6. The van der Waals surface area contributed by atoms with Crippen molar-refractivity contribution >= 4 is 5.91 Å². The second kappa shape index (κ2) is 6.29. The van der Waals surface area contributed by atoms with Gasteiger partial charge in [-0.3, -0.25) is 4.79 Å². The Bertz CT molecular complexity index is 361. The van der Waals surface area contributed by atoms with E-state index in [4.69, 9.17) is 5.11 Å². The number of aliphatic hydroxyl groups is 1. The van der Waals surface area contributed by atoms with Crippen molar-refractivity contribution in [3.63, 3.8) is 0 Å². The summed E-state index contributed by atoms with van der Waals surface area (Å²) in [6, 6.07) is 0. The number of carbonyl (C=O) groups is 1. The molecule has 0 fully saturated rings. The smallest absolute Gasteiger partial charge is 0.241 e. The number of aromatic nitrogens is 4. The second-order valence-corrected chi connectivity index (χ2v) is 4.34. The second-order valence-electron chi connectivity index (χ2n) is 4.34. The number of nitrogens with zero attached hydrogens (tertiary/aromatic N) is 4. The van der Waals surface area contributed by atoms with Gasteiger partial charge in [0.05, 0.1) is 6.10 Å². The third-order valence-electron chi connectivity index (χ3n) is 2.25. The highest BCUT2D eigenvalue weighted by molar-refractivity contribution is 5.75. The molecule has 1 atom stereocenters. The van der Waals surface area contributed by atoms with Crippen molar-refractivity contribution in [2.45, 2.75) is 45.8 Å². The van der Waals surface area contributed by atoms with E-state index < -0.39 is 6.10 Å². The standard InChI is InChI=1S/C10H19N5O2/c1-7(2)10-12-13-14-15(10)6-9(17)11-5-4-8(3)16/h7-8,16H,4-6H2,1-3H3,(H,11,17). The minimum absolute atomic E-state index is 0.111. The fraction of sp³-hybridized carbons (Fsp3) is 0.800. The Labute approximate surface area is 100 Å². The van der Waals surface area contributed by atoms with E-state index in [2.05, 4.69) is 20.8 Å². The maximum absolute atomic E-state index is 11.6. The Morgan fingerprint density at radius 2 is 2.18 bits per heavy atom. The molecule has 7 nitrogen and oxygen atoms in total. The van der Waals surface area contributed by atoms with Crippen molar-refractivity contribution in [3.05, 3.63) is 5.82 Å². The lowest BCUT2D eigenvalue weighted by Crippen LogP contribution is -2.30. The Hall–Kier alpha value is -1.50. The molecule has 7 heteroatoms. The molecule has 1 heterocycles. The van der Waals surface area contributed by atoms with Crippen LogP contribution in [0, 0.1) is 0 Å². The molecule has 0 aliphatic heterocycles. The van der Waals surface area contributed by atoms with Crippen molar-refractivity contribution in [2.24, 2.45) is 0 Å². The number of aliphatic hydroxyl groups excluding tert-OH is 1. The van der Waals surface area contributed by atoms with Crippen LogP contribution in [0.25, 0.3) is 0 Å². The summed E-state index contributed by atoms with van der Waals surface area (Å²) in [5.41, 5.74) is 0. The van der Waals surface area contributed by atoms with Crippen LogP contribution < -0.4 is 5.32 Å². The highest BCUT2D eigenvalue weighted by Gasteiger charge is 2.12. The van der Waals surface area contributed by atoms with E-state index in [0.717, 1.165) is 0 Å². The van der Waals surface area contributed by atoms with Gasteiger partial charge in [0, 0.05) is 12.5 Å². The molecule has 17 heavy (non-hydrogen) atoms. The van der Waals surface area contributed by atoms with Crippen LogP contribution in [0.5, 0.6) is 0 Å². The van der Waals surface area contributed by atoms with Crippen LogP contribution in [0.4, 0.5) is 0 Å². The van der Waals surface area contributed by atoms with Gasteiger partial charge in [0.2, 0.25) is 5.91 Å². The van der Waals surface area contributed by atoms with Crippen molar-refractivity contribution in [3.8, 4) is 0 Å². The Morgan fingerprint density at radius 1 is 1.47 bits per heavy atom. The zero-order valence-electron chi connectivity index (χ0n) is 10.4. The summed E-state index contributed by atoms with van der Waals surface area (Å²) < 4.78 is 1.49. The van der Waals surface area contributed by atoms with Gasteiger partial charge in [-0.1, -0.05) is 13.8 Å². The highest BCUT2D eigenvalue weighted by Crippen LogP contribution is 2.08. The Balaban J connectivity index is 2.42. The predicted octanol–water partition coefficient (Wildman–Crippen LogP) is -0.316. The zero-order valence-corrected chi connectivity index (χ0v) is 10.4. The molecule has 2 N–H and O–H groups in total. The first-order chi connectivity index (χ1) is 8.00. The van der Waals surface area contributed by atoms with Crippen LogP contribution in [0.15, 0.2) is 0 Å². The quantitative estimate of drug-likeness (QED) is 0.712. The minimum Gasteiger partial charge on any atom is -0.393 e. The third kappa shape index (κ3) is 4.48. The zero-order chi connectivity index (χ0) is 12.8. The summed E-state index contributed by atoms with van der Waals surface area (Å²) in [4.78, 5) is 11.6. The summed E-state index contributed by atoms with van der Waals surface area (Å²) in [7, 11) is 0. The van der Waals surface area contributed by atoms with Crippen LogP contribution in [-0.4, -0.2) is 43.9 Å². The van der Waals surface area contributed by atoms with E-state index in [0.29, 0.717) is 18.8 Å². The van der Waals surface area contributed by atoms with E-state index in [1.54, 1.807) is 6.92 Å². The number of tetrazole rings is 1. The SMILES string of the molecule is CC(O)CCNC(=O)Cn1nnnc1C(C)C. The average Bonchev–Trinajstić information content (AvgIpc) is 2.65. The number of hydrogen-bond donors (Lipinski definition) is 2. The maximum atomic E-state index is 11.6. The maximum Gasteiger partial charge on any atom is 0.241 e. The molecule has 0 saturated carbocycles. The van der Waals surface area contributed by atoms with Gasteiger partial charge in [-0.2, -0.15) is 0 Å². The number of nitrogens with one attached hydrogen (secondary N) is 1. The van der Waals surface area contributed by atoms with E-state index in [1.165, 1.54) is 4.68 Å². The summed E-state index contributed by atoms with van der Waals surface area (Å²) >= 11 is 0. The van der Waals surface area contributed by atoms with Crippen LogP contribution in [0.2, 0.25) is 0 Å². The van der Waals surface area contributed by atoms with Gasteiger partial charge in [0.15, 0.2) is 5.82 Å². The molecule has 1 unspecified atom stereocenters. The van der Waals surface area contributed by atoms with E-state index >= 15 is 0 Å². The number of hydrogen-bond acceptors (Lipinski definition) is 5.